The van der Waals surface area contributed by atoms with Gasteiger partial charge in [-0.05, 0) is 18.4 Å². The number of carbonyl (C=O) groups excluding carboxylic acids is 2. The van der Waals surface area contributed by atoms with Gasteiger partial charge < -0.3 is 10.2 Å². The first-order valence-electron chi connectivity index (χ1n) is 8.75. The standard InChI is InChI=1S/C19H24N4O2/c1-3-7-16(14-8-5-4-6-9-14)18(24)21-17-10-11-23(19(17)25)15-12-20-22(2)13-15/h4-6,8-9,12-13,16-17H,3,7,10-11H2,1-2H3,(H,21,24). The van der Waals surface area contributed by atoms with Crippen LogP contribution in [-0.4, -0.2) is 34.2 Å². The third-order valence-electron chi connectivity index (χ3n) is 4.62. The number of hydrogen-bond donors (Lipinski definition) is 1. The van der Waals surface area contributed by atoms with Crippen LogP contribution < -0.4 is 10.2 Å². The van der Waals surface area contributed by atoms with Gasteiger partial charge in [0.2, 0.25) is 11.8 Å². The maximum absolute atomic E-state index is 12.8. The van der Waals surface area contributed by atoms with E-state index in [-0.39, 0.29) is 17.7 Å². The zero-order valence-corrected chi connectivity index (χ0v) is 14.7. The van der Waals surface area contributed by atoms with Gasteiger partial charge in [-0.1, -0.05) is 43.7 Å². The molecule has 2 amide bonds. The van der Waals surface area contributed by atoms with Crippen LogP contribution in [0.4, 0.5) is 5.69 Å². The van der Waals surface area contributed by atoms with Crippen LogP contribution in [0.3, 0.4) is 0 Å². The SMILES string of the molecule is CCCC(C(=O)NC1CCN(c2cnn(C)c2)C1=O)c1ccccc1. The van der Waals surface area contributed by atoms with Gasteiger partial charge in [-0.15, -0.1) is 0 Å². The Bertz CT molecular complexity index is 741. The quantitative estimate of drug-likeness (QED) is 0.877. The molecule has 0 radical (unpaired) electrons. The van der Waals surface area contributed by atoms with Gasteiger partial charge in [0, 0.05) is 19.8 Å². The molecule has 6 nitrogen and oxygen atoms in total. The lowest BCUT2D eigenvalue weighted by Crippen LogP contribution is -2.43. The summed E-state index contributed by atoms with van der Waals surface area (Å²) >= 11 is 0. The minimum Gasteiger partial charge on any atom is -0.344 e. The van der Waals surface area contributed by atoms with Crippen molar-refractivity contribution in [2.45, 2.75) is 38.1 Å². The van der Waals surface area contributed by atoms with Gasteiger partial charge in [0.25, 0.3) is 0 Å². The lowest BCUT2D eigenvalue weighted by atomic mass is 9.93. The van der Waals surface area contributed by atoms with Crippen molar-refractivity contribution in [3.8, 4) is 0 Å². The Balaban J connectivity index is 1.68. The van der Waals surface area contributed by atoms with Crippen molar-refractivity contribution in [3.05, 3.63) is 48.3 Å². The maximum atomic E-state index is 12.8. The predicted octanol–water partition coefficient (Wildman–Crippen LogP) is 2.23. The Morgan fingerprint density at radius 1 is 1.36 bits per heavy atom. The molecule has 2 heterocycles. The fraction of sp³-hybridized carbons (Fsp3) is 0.421. The van der Waals surface area contributed by atoms with Gasteiger partial charge in [-0.3, -0.25) is 14.3 Å². The Labute approximate surface area is 147 Å². The van der Waals surface area contributed by atoms with E-state index < -0.39 is 6.04 Å². The first kappa shape index (κ1) is 17.2. The molecule has 6 heteroatoms. The minimum atomic E-state index is -0.462. The molecule has 0 spiro atoms. The van der Waals surface area contributed by atoms with E-state index in [9.17, 15) is 9.59 Å². The smallest absolute Gasteiger partial charge is 0.249 e. The normalized spacial score (nSPS) is 18.4. The van der Waals surface area contributed by atoms with E-state index in [1.165, 1.54) is 0 Å². The van der Waals surface area contributed by atoms with Crippen molar-refractivity contribution in [2.75, 3.05) is 11.4 Å². The van der Waals surface area contributed by atoms with Crippen LogP contribution in [0.15, 0.2) is 42.7 Å². The van der Waals surface area contributed by atoms with Crippen LogP contribution in [0.1, 0.15) is 37.7 Å². The van der Waals surface area contributed by atoms with E-state index in [1.807, 2.05) is 43.6 Å². The van der Waals surface area contributed by atoms with E-state index in [1.54, 1.807) is 15.8 Å². The molecule has 1 aromatic heterocycles. The molecule has 1 N–H and O–H groups in total. The summed E-state index contributed by atoms with van der Waals surface area (Å²) < 4.78 is 1.67. The summed E-state index contributed by atoms with van der Waals surface area (Å²) in [6.07, 6.45) is 5.78. The number of hydrogen-bond acceptors (Lipinski definition) is 3. The first-order chi connectivity index (χ1) is 12.1. The molecule has 0 saturated carbocycles. The van der Waals surface area contributed by atoms with Crippen LogP contribution >= 0.6 is 0 Å². The molecule has 2 aromatic rings. The van der Waals surface area contributed by atoms with Crippen molar-refractivity contribution in [3.63, 3.8) is 0 Å². The molecule has 25 heavy (non-hydrogen) atoms. The van der Waals surface area contributed by atoms with Gasteiger partial charge >= 0.3 is 0 Å². The summed E-state index contributed by atoms with van der Waals surface area (Å²) in [6.45, 7) is 2.66. The van der Waals surface area contributed by atoms with E-state index in [0.717, 1.165) is 24.1 Å². The lowest BCUT2D eigenvalue weighted by molar-refractivity contribution is -0.127. The van der Waals surface area contributed by atoms with Crippen LogP contribution in [0.2, 0.25) is 0 Å². The van der Waals surface area contributed by atoms with Gasteiger partial charge in [-0.2, -0.15) is 5.10 Å². The van der Waals surface area contributed by atoms with Gasteiger partial charge in [-0.25, -0.2) is 0 Å². The summed E-state index contributed by atoms with van der Waals surface area (Å²) in [4.78, 5) is 27.1. The molecule has 2 unspecified atom stereocenters. The third-order valence-corrected chi connectivity index (χ3v) is 4.62. The molecular weight excluding hydrogens is 316 g/mol. The number of carbonyl (C=O) groups is 2. The fourth-order valence-electron chi connectivity index (χ4n) is 3.31. The van der Waals surface area contributed by atoms with Crippen molar-refractivity contribution in [1.29, 1.82) is 0 Å². The highest BCUT2D eigenvalue weighted by atomic mass is 16.2. The number of nitrogens with one attached hydrogen (secondary N) is 1. The second-order valence-electron chi connectivity index (χ2n) is 6.46. The fourth-order valence-corrected chi connectivity index (χ4v) is 3.31. The number of rotatable bonds is 6. The first-order valence-corrected chi connectivity index (χ1v) is 8.75. The Kier molecular flexibility index (Phi) is 5.16. The van der Waals surface area contributed by atoms with E-state index in [2.05, 4.69) is 17.3 Å². The lowest BCUT2D eigenvalue weighted by Gasteiger charge is -2.20. The van der Waals surface area contributed by atoms with Crippen LogP contribution in [0.25, 0.3) is 0 Å². The molecule has 1 saturated heterocycles. The minimum absolute atomic E-state index is 0.0651. The molecule has 1 aromatic carbocycles. The van der Waals surface area contributed by atoms with E-state index >= 15 is 0 Å². The Morgan fingerprint density at radius 3 is 2.76 bits per heavy atom. The molecule has 1 fully saturated rings. The number of aromatic nitrogens is 2. The largest absolute Gasteiger partial charge is 0.344 e. The highest BCUT2D eigenvalue weighted by molar-refractivity contribution is 6.01. The summed E-state index contributed by atoms with van der Waals surface area (Å²) in [7, 11) is 1.82. The van der Waals surface area contributed by atoms with E-state index in [4.69, 9.17) is 0 Å². The average molecular weight is 340 g/mol. The highest BCUT2D eigenvalue weighted by Gasteiger charge is 2.35. The molecule has 0 aliphatic carbocycles. The zero-order valence-electron chi connectivity index (χ0n) is 14.7. The Hall–Kier alpha value is -2.63. The number of aryl methyl sites for hydroxylation is 1. The molecular formula is C19H24N4O2. The van der Waals surface area contributed by atoms with Crippen molar-refractivity contribution in [1.82, 2.24) is 15.1 Å². The molecule has 1 aliphatic rings. The zero-order chi connectivity index (χ0) is 17.8. The number of nitrogens with zero attached hydrogens (tertiary/aromatic N) is 3. The number of anilines is 1. The second-order valence-corrected chi connectivity index (χ2v) is 6.46. The van der Waals surface area contributed by atoms with E-state index in [0.29, 0.717) is 13.0 Å². The number of benzene rings is 1. The third kappa shape index (κ3) is 3.73. The molecule has 2 atom stereocenters. The Morgan fingerprint density at radius 2 is 2.12 bits per heavy atom. The molecule has 132 valence electrons. The van der Waals surface area contributed by atoms with Crippen LogP contribution in [0, 0.1) is 0 Å². The summed E-state index contributed by atoms with van der Waals surface area (Å²) in [6, 6.07) is 9.30. The molecule has 1 aliphatic heterocycles. The topological polar surface area (TPSA) is 67.2 Å². The van der Waals surface area contributed by atoms with Crippen LogP contribution in [-0.2, 0) is 16.6 Å². The van der Waals surface area contributed by atoms with Gasteiger partial charge in [0.1, 0.15) is 6.04 Å². The average Bonchev–Trinajstić information content (AvgIpc) is 3.19. The number of amides is 2. The maximum Gasteiger partial charge on any atom is 0.249 e. The summed E-state index contributed by atoms with van der Waals surface area (Å²) in [5.41, 5.74) is 1.77. The molecule has 0 bridgehead atoms. The predicted molar refractivity (Wildman–Crippen MR) is 96.2 cm³/mol. The summed E-state index contributed by atoms with van der Waals surface area (Å²) in [5.74, 6) is -0.351. The second kappa shape index (κ2) is 7.51. The van der Waals surface area contributed by atoms with Crippen molar-refractivity contribution in [2.24, 2.45) is 7.05 Å². The van der Waals surface area contributed by atoms with Gasteiger partial charge in [0.05, 0.1) is 17.8 Å². The monoisotopic (exact) mass is 340 g/mol. The van der Waals surface area contributed by atoms with Crippen LogP contribution in [0.5, 0.6) is 0 Å². The van der Waals surface area contributed by atoms with Crippen molar-refractivity contribution >= 4 is 17.5 Å². The van der Waals surface area contributed by atoms with Gasteiger partial charge in [0.15, 0.2) is 0 Å². The summed E-state index contributed by atoms with van der Waals surface area (Å²) in [5, 5.41) is 7.07. The van der Waals surface area contributed by atoms with Crippen molar-refractivity contribution < 1.29 is 9.59 Å². The highest BCUT2D eigenvalue weighted by Crippen LogP contribution is 2.24. The molecule has 3 rings (SSSR count).